The average Bonchev–Trinajstić information content (AvgIpc) is 3.10. The molecule has 0 atom stereocenters. The number of hydrogen-bond acceptors (Lipinski definition) is 4. The Morgan fingerprint density at radius 1 is 1.08 bits per heavy atom. The van der Waals surface area contributed by atoms with E-state index in [4.69, 9.17) is 16.0 Å². The molecule has 26 heavy (non-hydrogen) atoms. The molecule has 0 aliphatic rings. The molecule has 134 valence electrons. The lowest BCUT2D eigenvalue weighted by Crippen LogP contribution is -2.31. The van der Waals surface area contributed by atoms with Gasteiger partial charge in [0.15, 0.2) is 0 Å². The summed E-state index contributed by atoms with van der Waals surface area (Å²) in [5.41, 5.74) is 0.130. The van der Waals surface area contributed by atoms with Crippen LogP contribution in [-0.4, -0.2) is 15.7 Å². The molecular formula is C18H16ClN3O4. The van der Waals surface area contributed by atoms with E-state index in [1.807, 2.05) is 18.2 Å². The minimum Gasteiger partial charge on any atom is -0.459 e. The predicted molar refractivity (Wildman–Crippen MR) is 96.9 cm³/mol. The molecule has 8 heteroatoms. The maximum Gasteiger partial charge on any atom is 0.265 e. The molecule has 1 aromatic carbocycles. The molecule has 0 saturated carbocycles. The van der Waals surface area contributed by atoms with E-state index in [1.54, 1.807) is 18.2 Å². The Labute approximate surface area is 153 Å². The number of amides is 1. The van der Waals surface area contributed by atoms with Crippen LogP contribution in [-0.2, 0) is 17.9 Å². The highest BCUT2D eigenvalue weighted by Gasteiger charge is 2.08. The summed E-state index contributed by atoms with van der Waals surface area (Å²) in [6, 6.07) is 13.2. The lowest BCUT2D eigenvalue weighted by atomic mass is 10.2. The summed E-state index contributed by atoms with van der Waals surface area (Å²) in [5.74, 6) is 1.03. The number of nitrogens with one attached hydrogen (secondary N) is 2. The summed E-state index contributed by atoms with van der Waals surface area (Å²) in [7, 11) is 0. The van der Waals surface area contributed by atoms with Crippen molar-refractivity contribution in [3.05, 3.63) is 80.0 Å². The molecule has 0 unspecified atom stereocenters. The molecule has 2 heterocycles. The van der Waals surface area contributed by atoms with Crippen molar-refractivity contribution in [3.63, 3.8) is 0 Å². The van der Waals surface area contributed by atoms with Gasteiger partial charge in [-0.25, -0.2) is 4.68 Å². The summed E-state index contributed by atoms with van der Waals surface area (Å²) >= 11 is 5.86. The van der Waals surface area contributed by atoms with Crippen LogP contribution in [0.25, 0.3) is 11.3 Å². The van der Waals surface area contributed by atoms with Gasteiger partial charge in [-0.1, -0.05) is 11.6 Å². The van der Waals surface area contributed by atoms with Crippen LogP contribution in [0.15, 0.2) is 62.5 Å². The number of carbonyl (C=O) groups is 1. The fraction of sp³-hybridized carbons (Fsp3) is 0.167. The Morgan fingerprint density at radius 3 is 2.62 bits per heavy atom. The molecule has 1 amide bonds. The van der Waals surface area contributed by atoms with E-state index in [0.29, 0.717) is 16.5 Å². The van der Waals surface area contributed by atoms with Crippen molar-refractivity contribution >= 4 is 17.5 Å². The first kappa shape index (κ1) is 17.8. The highest BCUT2D eigenvalue weighted by atomic mass is 35.5. The lowest BCUT2D eigenvalue weighted by molar-refractivity contribution is -0.121. The van der Waals surface area contributed by atoms with Crippen molar-refractivity contribution in [2.45, 2.75) is 19.5 Å². The smallest absolute Gasteiger partial charge is 0.265 e. The van der Waals surface area contributed by atoms with Gasteiger partial charge in [0.25, 0.3) is 11.1 Å². The van der Waals surface area contributed by atoms with Gasteiger partial charge in [-0.15, -0.1) is 0 Å². The minimum atomic E-state index is -0.393. The summed E-state index contributed by atoms with van der Waals surface area (Å²) in [4.78, 5) is 34.7. The maximum absolute atomic E-state index is 11.9. The molecule has 0 saturated heterocycles. The SMILES string of the molecule is O=C(CCn1[nH]c(=O)ccc1=O)NCc1ccc(-c2ccc(Cl)cc2)o1. The first-order valence-electron chi connectivity index (χ1n) is 7.93. The monoisotopic (exact) mass is 373 g/mol. The molecule has 3 aromatic rings. The molecule has 0 spiro atoms. The van der Waals surface area contributed by atoms with E-state index in [0.717, 1.165) is 22.4 Å². The quantitative estimate of drug-likeness (QED) is 0.691. The van der Waals surface area contributed by atoms with E-state index in [1.165, 1.54) is 0 Å². The number of rotatable bonds is 6. The van der Waals surface area contributed by atoms with Gasteiger partial charge >= 0.3 is 0 Å². The van der Waals surface area contributed by atoms with Gasteiger partial charge in [0.05, 0.1) is 13.1 Å². The van der Waals surface area contributed by atoms with Crippen LogP contribution in [0.1, 0.15) is 12.2 Å². The van der Waals surface area contributed by atoms with E-state index in [-0.39, 0.29) is 31.0 Å². The first-order chi connectivity index (χ1) is 12.5. The molecule has 0 aliphatic carbocycles. The second-order valence-electron chi connectivity index (χ2n) is 5.60. The van der Waals surface area contributed by atoms with E-state index < -0.39 is 5.56 Å². The number of nitrogens with zero attached hydrogens (tertiary/aromatic N) is 1. The summed E-state index contributed by atoms with van der Waals surface area (Å²) < 4.78 is 6.80. The number of benzene rings is 1. The summed E-state index contributed by atoms with van der Waals surface area (Å²) in [5, 5.41) is 5.73. The second kappa shape index (κ2) is 7.88. The number of carbonyl (C=O) groups excluding carboxylic acids is 1. The Balaban J connectivity index is 1.53. The zero-order valence-electron chi connectivity index (χ0n) is 13.7. The third kappa shape index (κ3) is 4.52. The fourth-order valence-electron chi connectivity index (χ4n) is 2.36. The van der Waals surface area contributed by atoms with Crippen molar-refractivity contribution in [1.82, 2.24) is 15.1 Å². The van der Waals surface area contributed by atoms with Crippen molar-refractivity contribution in [2.24, 2.45) is 0 Å². The van der Waals surface area contributed by atoms with Gasteiger partial charge in [-0.3, -0.25) is 19.5 Å². The Hall–Kier alpha value is -3.06. The number of furan rings is 1. The number of halogens is 1. The standard InChI is InChI=1S/C18H16ClN3O4/c19-13-3-1-12(2-4-13)15-6-5-14(26-15)11-20-16(23)9-10-22-18(25)8-7-17(24)21-22/h1-8H,9-11H2,(H,20,23)(H,21,24). The zero-order valence-corrected chi connectivity index (χ0v) is 14.5. The van der Waals surface area contributed by atoms with Crippen LogP contribution in [0.4, 0.5) is 0 Å². The largest absolute Gasteiger partial charge is 0.459 e. The molecule has 2 aromatic heterocycles. The van der Waals surface area contributed by atoms with E-state index in [9.17, 15) is 14.4 Å². The molecule has 0 fully saturated rings. The highest BCUT2D eigenvalue weighted by molar-refractivity contribution is 6.30. The maximum atomic E-state index is 11.9. The number of aryl methyl sites for hydroxylation is 1. The normalized spacial score (nSPS) is 10.7. The van der Waals surface area contributed by atoms with Crippen LogP contribution >= 0.6 is 11.6 Å². The Kier molecular flexibility index (Phi) is 5.38. The van der Waals surface area contributed by atoms with Gasteiger partial charge in [0.2, 0.25) is 5.91 Å². The number of hydrogen-bond donors (Lipinski definition) is 2. The van der Waals surface area contributed by atoms with Crippen molar-refractivity contribution in [1.29, 1.82) is 0 Å². The van der Waals surface area contributed by atoms with E-state index >= 15 is 0 Å². The van der Waals surface area contributed by atoms with Crippen molar-refractivity contribution in [3.8, 4) is 11.3 Å². The number of aromatic nitrogens is 2. The van der Waals surface area contributed by atoms with Crippen molar-refractivity contribution in [2.75, 3.05) is 0 Å². The van der Waals surface area contributed by atoms with Crippen LogP contribution in [0.2, 0.25) is 5.02 Å². The van der Waals surface area contributed by atoms with Gasteiger partial charge in [-0.2, -0.15) is 0 Å². The van der Waals surface area contributed by atoms with Crippen LogP contribution < -0.4 is 16.4 Å². The van der Waals surface area contributed by atoms with Crippen molar-refractivity contribution < 1.29 is 9.21 Å². The third-order valence-corrected chi connectivity index (χ3v) is 3.95. The van der Waals surface area contributed by atoms with Gasteiger partial charge < -0.3 is 9.73 Å². The molecule has 0 aliphatic heterocycles. The molecule has 7 nitrogen and oxygen atoms in total. The topological polar surface area (TPSA) is 97.1 Å². The number of H-pyrrole nitrogens is 1. The molecule has 3 rings (SSSR count). The van der Waals surface area contributed by atoms with Gasteiger partial charge in [0, 0.05) is 29.1 Å². The van der Waals surface area contributed by atoms with Crippen LogP contribution in [0.5, 0.6) is 0 Å². The first-order valence-corrected chi connectivity index (χ1v) is 8.30. The Morgan fingerprint density at radius 2 is 1.85 bits per heavy atom. The minimum absolute atomic E-state index is 0.0601. The second-order valence-corrected chi connectivity index (χ2v) is 6.04. The highest BCUT2D eigenvalue weighted by Crippen LogP contribution is 2.23. The van der Waals surface area contributed by atoms with Crippen LogP contribution in [0, 0.1) is 0 Å². The third-order valence-electron chi connectivity index (χ3n) is 3.70. The molecule has 0 radical (unpaired) electrons. The van der Waals surface area contributed by atoms with E-state index in [2.05, 4.69) is 10.4 Å². The molecule has 0 bridgehead atoms. The Bertz CT molecular complexity index is 1020. The lowest BCUT2D eigenvalue weighted by Gasteiger charge is -2.05. The average molecular weight is 374 g/mol. The predicted octanol–water partition coefficient (Wildman–Crippen LogP) is 2.16. The zero-order chi connectivity index (χ0) is 18.5. The summed E-state index contributed by atoms with van der Waals surface area (Å²) in [6.45, 7) is 0.321. The fourth-order valence-corrected chi connectivity index (χ4v) is 2.48. The number of aromatic amines is 1. The van der Waals surface area contributed by atoms with Gasteiger partial charge in [0.1, 0.15) is 11.5 Å². The molecular weight excluding hydrogens is 358 g/mol. The molecule has 2 N–H and O–H groups in total. The van der Waals surface area contributed by atoms with Gasteiger partial charge in [-0.05, 0) is 36.4 Å². The van der Waals surface area contributed by atoms with Crippen LogP contribution in [0.3, 0.4) is 0 Å². The summed E-state index contributed by atoms with van der Waals surface area (Å²) in [6.07, 6.45) is 0.0601.